The molecule has 0 bridgehead atoms. The van der Waals surface area contributed by atoms with Crippen LogP contribution in [0.5, 0.6) is 0 Å². The molecule has 0 aliphatic heterocycles. The van der Waals surface area contributed by atoms with Gasteiger partial charge >= 0.3 is 0 Å². The van der Waals surface area contributed by atoms with E-state index in [0.29, 0.717) is 0 Å². The van der Waals surface area contributed by atoms with Crippen molar-refractivity contribution in [2.24, 2.45) is 0 Å². The minimum atomic E-state index is -0.464. The topological polar surface area (TPSA) is 16.4 Å². The van der Waals surface area contributed by atoms with Crippen LogP contribution < -0.4 is 4.90 Å². The zero-order valence-corrected chi connectivity index (χ0v) is 35.7. The highest BCUT2D eigenvalue weighted by molar-refractivity contribution is 6.22. The van der Waals surface area contributed by atoms with Crippen molar-refractivity contribution >= 4 is 49.8 Å². The highest BCUT2D eigenvalue weighted by atomic mass is 16.3. The Morgan fingerprint density at radius 1 is 0.419 bits per heavy atom. The Balaban J connectivity index is 1.12. The lowest BCUT2D eigenvalue weighted by molar-refractivity contribution is 0.573. The van der Waals surface area contributed by atoms with Crippen LogP contribution >= 0.6 is 0 Å². The van der Waals surface area contributed by atoms with Gasteiger partial charge in [0, 0.05) is 33.1 Å². The molecule has 1 spiro atoms. The maximum Gasteiger partial charge on any atom is 0.159 e. The highest BCUT2D eigenvalue weighted by Crippen LogP contribution is 2.63. The van der Waals surface area contributed by atoms with Crippen molar-refractivity contribution in [1.29, 1.82) is 0 Å². The van der Waals surface area contributed by atoms with Gasteiger partial charge in [0.2, 0.25) is 0 Å². The van der Waals surface area contributed by atoms with E-state index in [0.717, 1.165) is 33.6 Å². The van der Waals surface area contributed by atoms with E-state index in [1.807, 2.05) is 0 Å². The molecule has 296 valence electrons. The van der Waals surface area contributed by atoms with E-state index in [-0.39, 0.29) is 10.8 Å². The molecule has 0 N–H and O–H groups in total. The fraction of sp³-hybridized carbons (Fsp3) is 0.133. The molecule has 9 aromatic carbocycles. The number of anilines is 3. The molecule has 0 saturated carbocycles. The van der Waals surface area contributed by atoms with Crippen LogP contribution in [-0.2, 0) is 16.2 Å². The molecule has 0 saturated heterocycles. The van der Waals surface area contributed by atoms with Gasteiger partial charge in [-0.05, 0) is 119 Å². The molecule has 1 heterocycles. The first kappa shape index (κ1) is 35.6. The van der Waals surface area contributed by atoms with Crippen LogP contribution in [0, 0.1) is 0 Å². The maximum absolute atomic E-state index is 7.35. The van der Waals surface area contributed by atoms with Crippen molar-refractivity contribution in [2.45, 2.75) is 50.9 Å². The molecule has 0 radical (unpaired) electrons. The number of fused-ring (bicyclic) bond motifs is 18. The molecule has 13 rings (SSSR count). The summed E-state index contributed by atoms with van der Waals surface area (Å²) >= 11 is 0. The molecular formula is C60H45NO. The summed E-state index contributed by atoms with van der Waals surface area (Å²) in [5.74, 6) is 0. The molecular weight excluding hydrogens is 751 g/mol. The number of rotatable bonds is 3. The maximum atomic E-state index is 7.35. The lowest BCUT2D eigenvalue weighted by atomic mass is 9.70. The van der Waals surface area contributed by atoms with Crippen LogP contribution in [-0.4, -0.2) is 0 Å². The third kappa shape index (κ3) is 4.49. The smallest absolute Gasteiger partial charge is 0.159 e. The first-order valence-corrected chi connectivity index (χ1v) is 22.0. The molecule has 2 heteroatoms. The van der Waals surface area contributed by atoms with E-state index >= 15 is 0 Å². The number of hydrogen-bond donors (Lipinski definition) is 0. The third-order valence-electron chi connectivity index (χ3n) is 14.6. The van der Waals surface area contributed by atoms with E-state index in [9.17, 15) is 0 Å². The van der Waals surface area contributed by atoms with E-state index in [1.165, 1.54) is 88.5 Å². The second-order valence-corrected chi connectivity index (χ2v) is 19.2. The zero-order valence-electron chi connectivity index (χ0n) is 35.7. The molecule has 0 atom stereocenters. The Kier molecular flexibility index (Phi) is 7.02. The van der Waals surface area contributed by atoms with Gasteiger partial charge in [0.25, 0.3) is 0 Å². The normalized spacial score (nSPS) is 14.8. The summed E-state index contributed by atoms with van der Waals surface area (Å²) in [5.41, 5.74) is 21.4. The molecule has 0 amide bonds. The monoisotopic (exact) mass is 795 g/mol. The summed E-state index contributed by atoms with van der Waals surface area (Å²) in [6, 6.07) is 68.3. The van der Waals surface area contributed by atoms with Gasteiger partial charge in [-0.1, -0.05) is 180 Å². The summed E-state index contributed by atoms with van der Waals surface area (Å²) in [6.07, 6.45) is 0. The first-order chi connectivity index (χ1) is 30.2. The van der Waals surface area contributed by atoms with Crippen LogP contribution in [0.15, 0.2) is 186 Å². The highest BCUT2D eigenvalue weighted by Gasteiger charge is 2.51. The summed E-state index contributed by atoms with van der Waals surface area (Å²) < 4.78 is 7.35. The quantitative estimate of drug-likeness (QED) is 0.177. The molecule has 3 aliphatic rings. The number of nitrogens with zero attached hydrogens (tertiary/aromatic N) is 1. The number of furan rings is 1. The number of benzene rings is 9. The number of para-hydroxylation sites is 1. The van der Waals surface area contributed by atoms with Crippen LogP contribution in [0.4, 0.5) is 17.1 Å². The largest absolute Gasteiger partial charge is 0.454 e. The Hall–Kier alpha value is -7.16. The predicted octanol–water partition coefficient (Wildman–Crippen LogP) is 16.2. The van der Waals surface area contributed by atoms with E-state index < -0.39 is 5.41 Å². The Bertz CT molecular complexity index is 3490. The lowest BCUT2D eigenvalue weighted by Gasteiger charge is -2.32. The Morgan fingerprint density at radius 3 is 1.52 bits per heavy atom. The molecule has 2 nitrogen and oxygen atoms in total. The molecule has 1 aromatic heterocycles. The van der Waals surface area contributed by atoms with E-state index in [1.54, 1.807) is 0 Å². The van der Waals surface area contributed by atoms with Gasteiger partial charge in [-0.15, -0.1) is 0 Å². The summed E-state index contributed by atoms with van der Waals surface area (Å²) in [5, 5.41) is 4.75. The molecule has 62 heavy (non-hydrogen) atoms. The average Bonchev–Trinajstić information content (AvgIpc) is 3.99. The van der Waals surface area contributed by atoms with Gasteiger partial charge in [-0.2, -0.15) is 0 Å². The first-order valence-electron chi connectivity index (χ1n) is 22.0. The van der Waals surface area contributed by atoms with Crippen molar-refractivity contribution in [1.82, 2.24) is 0 Å². The second-order valence-electron chi connectivity index (χ2n) is 19.2. The Morgan fingerprint density at radius 2 is 0.903 bits per heavy atom. The minimum Gasteiger partial charge on any atom is -0.454 e. The van der Waals surface area contributed by atoms with Crippen molar-refractivity contribution in [3.63, 3.8) is 0 Å². The zero-order chi connectivity index (χ0) is 41.7. The van der Waals surface area contributed by atoms with Gasteiger partial charge in [0.15, 0.2) is 5.58 Å². The fourth-order valence-corrected chi connectivity index (χ4v) is 11.8. The van der Waals surface area contributed by atoms with Crippen molar-refractivity contribution < 1.29 is 4.42 Å². The van der Waals surface area contributed by atoms with E-state index in [2.05, 4.69) is 222 Å². The van der Waals surface area contributed by atoms with Crippen molar-refractivity contribution in [3.8, 4) is 33.4 Å². The second kappa shape index (κ2) is 12.2. The predicted molar refractivity (Wildman–Crippen MR) is 258 cm³/mol. The standard InChI is InChI=1S/C60H45NO/c1-58(2,3)53-33-36-17-6-7-18-39(36)55-46-23-16-28-54(56(46)62-57(53)55)61(37-29-31-44-40-19-8-12-24-47(40)59(4,5)51(44)34-37)38-30-32-45-43-22-11-15-27-50(43)60(52(45)35-38)48-25-13-9-20-41(48)42-21-10-14-26-49(42)60/h6-35H,1-5H3. The van der Waals surface area contributed by atoms with Crippen LogP contribution in [0.2, 0.25) is 0 Å². The van der Waals surface area contributed by atoms with Gasteiger partial charge in [0.1, 0.15) is 5.58 Å². The molecule has 3 aliphatic carbocycles. The van der Waals surface area contributed by atoms with Crippen molar-refractivity contribution in [2.75, 3.05) is 4.90 Å². The van der Waals surface area contributed by atoms with Crippen LogP contribution in [0.3, 0.4) is 0 Å². The molecule has 0 fully saturated rings. The fourth-order valence-electron chi connectivity index (χ4n) is 11.8. The van der Waals surface area contributed by atoms with Crippen molar-refractivity contribution in [3.05, 3.63) is 221 Å². The third-order valence-corrected chi connectivity index (χ3v) is 14.6. The summed E-state index contributed by atoms with van der Waals surface area (Å²) in [4.78, 5) is 2.48. The Labute approximate surface area is 362 Å². The van der Waals surface area contributed by atoms with Crippen LogP contribution in [0.25, 0.3) is 66.1 Å². The average molecular weight is 796 g/mol. The minimum absolute atomic E-state index is 0.131. The van der Waals surface area contributed by atoms with Gasteiger partial charge in [-0.25, -0.2) is 0 Å². The summed E-state index contributed by atoms with van der Waals surface area (Å²) in [6.45, 7) is 11.6. The summed E-state index contributed by atoms with van der Waals surface area (Å²) in [7, 11) is 0. The molecule has 0 unspecified atom stereocenters. The van der Waals surface area contributed by atoms with Gasteiger partial charge in [-0.3, -0.25) is 0 Å². The SMILES string of the molecule is CC(C)(C)c1cc2ccccc2c2c1oc1c(N(c3ccc4c(c3)C(C)(C)c3ccccc3-4)c3ccc4c(c3)C3(c5ccccc5-c5ccccc53)c3ccccc3-4)cccc12. The lowest BCUT2D eigenvalue weighted by Crippen LogP contribution is -2.26. The van der Waals surface area contributed by atoms with Gasteiger partial charge in [0.05, 0.1) is 11.1 Å². The number of hydrogen-bond acceptors (Lipinski definition) is 2. The van der Waals surface area contributed by atoms with Gasteiger partial charge < -0.3 is 9.32 Å². The van der Waals surface area contributed by atoms with Crippen LogP contribution in [0.1, 0.15) is 73.6 Å². The molecule has 10 aromatic rings. The van der Waals surface area contributed by atoms with E-state index in [4.69, 9.17) is 4.42 Å².